The van der Waals surface area contributed by atoms with Crippen LogP contribution in [0.15, 0.2) is 18.2 Å². The number of hydrogen-bond donors (Lipinski definition) is 3. The van der Waals surface area contributed by atoms with E-state index in [1.165, 1.54) is 18.2 Å². The van der Waals surface area contributed by atoms with Gasteiger partial charge < -0.3 is 0 Å². The molecule has 0 bridgehead atoms. The number of hydrogen-bond acceptors (Lipinski definition) is 7. The van der Waals surface area contributed by atoms with E-state index in [9.17, 15) is 19.2 Å². The largest absolute Gasteiger partial charge is 0.286 e. The van der Waals surface area contributed by atoms with E-state index in [0.29, 0.717) is 22.5 Å². The smallest absolute Gasteiger partial charge is 0.262 e. The van der Waals surface area contributed by atoms with Crippen molar-refractivity contribution >= 4 is 29.3 Å². The number of fused-ring (bicyclic) bond motifs is 1. The first-order valence-corrected chi connectivity index (χ1v) is 8.30. The van der Waals surface area contributed by atoms with Crippen molar-refractivity contribution in [2.45, 2.75) is 32.6 Å². The molecule has 1 aromatic heterocycles. The van der Waals surface area contributed by atoms with Gasteiger partial charge in [-0.15, -0.1) is 10.2 Å². The number of nitrogens with zero attached hydrogens (tertiary/aromatic N) is 4. The van der Waals surface area contributed by atoms with Crippen molar-refractivity contribution < 1.29 is 19.2 Å². The van der Waals surface area contributed by atoms with Crippen LogP contribution in [0.3, 0.4) is 0 Å². The van der Waals surface area contributed by atoms with E-state index in [0.717, 1.165) is 19.3 Å². The average Bonchev–Trinajstić information content (AvgIpc) is 2.65. The van der Waals surface area contributed by atoms with Gasteiger partial charge in [-0.25, -0.2) is 14.4 Å². The first-order chi connectivity index (χ1) is 12.5. The van der Waals surface area contributed by atoms with E-state index in [-0.39, 0.29) is 18.9 Å². The molecule has 9 nitrogen and oxygen atoms in total. The molecule has 2 amide bonds. The van der Waals surface area contributed by atoms with Crippen LogP contribution in [0.5, 0.6) is 0 Å². The minimum Gasteiger partial charge on any atom is -0.286 e. The first kappa shape index (κ1) is 19.4. The number of halogens is 1. The molecule has 2 rings (SSSR count). The van der Waals surface area contributed by atoms with Crippen LogP contribution in [0, 0.1) is 11.7 Å². The molecule has 10 heteroatoms. The van der Waals surface area contributed by atoms with E-state index >= 15 is 0 Å². The maximum atomic E-state index is 13.1. The molecule has 1 aromatic carbocycles. The zero-order valence-corrected chi connectivity index (χ0v) is 14.4. The number of carbonyl (C=O) groups excluding carboxylic acids is 2. The topological polar surface area (TPSA) is 120 Å². The third-order valence-electron chi connectivity index (χ3n) is 3.77. The predicted octanol–water partition coefficient (Wildman–Crippen LogP) is 1.65. The molecule has 0 aliphatic heterocycles. The van der Waals surface area contributed by atoms with Gasteiger partial charge in [-0.1, -0.05) is 26.2 Å². The number of rotatable bonds is 10. The second-order valence-electron chi connectivity index (χ2n) is 5.80. The average molecular weight is 364 g/mol. The van der Waals surface area contributed by atoms with Gasteiger partial charge in [-0.2, -0.15) is 0 Å². The summed E-state index contributed by atoms with van der Waals surface area (Å²) < 4.78 is 13.1. The van der Waals surface area contributed by atoms with Crippen molar-refractivity contribution in [2.24, 2.45) is 5.92 Å². The van der Waals surface area contributed by atoms with Gasteiger partial charge in [0.05, 0.1) is 18.0 Å². The maximum Gasteiger partial charge on any atom is 0.262 e. The number of nitrogens with one attached hydrogen (secondary N) is 2. The molecule has 140 valence electrons. The number of hydrazine groups is 1. The van der Waals surface area contributed by atoms with E-state index in [1.54, 1.807) is 0 Å². The van der Waals surface area contributed by atoms with Gasteiger partial charge in [-0.05, 0) is 18.6 Å². The van der Waals surface area contributed by atoms with Crippen molar-refractivity contribution in [3.8, 4) is 0 Å². The Morgan fingerprint density at radius 2 is 2.15 bits per heavy atom. The minimum absolute atomic E-state index is 0.0426. The maximum absolute atomic E-state index is 13.1. The lowest BCUT2D eigenvalue weighted by molar-refractivity contribution is -0.154. The number of unbranched alkanes of at least 4 members (excludes halogenated alkanes) is 2. The van der Waals surface area contributed by atoms with Crippen LogP contribution >= 0.6 is 0 Å². The quantitative estimate of drug-likeness (QED) is 0.254. The Kier molecular flexibility index (Phi) is 7.15. The SMILES string of the molecule is CCCCC[C@H](CN(O)C=O)C(=O)NNc1nnc2cc(F)ccc2n1. The summed E-state index contributed by atoms with van der Waals surface area (Å²) in [4.78, 5) is 27.0. The summed E-state index contributed by atoms with van der Waals surface area (Å²) in [6, 6.07) is 3.91. The highest BCUT2D eigenvalue weighted by Gasteiger charge is 2.20. The number of amides is 2. The molecular formula is C16H21FN6O3. The van der Waals surface area contributed by atoms with E-state index in [1.807, 2.05) is 6.92 Å². The fourth-order valence-corrected chi connectivity index (χ4v) is 2.40. The molecule has 0 fully saturated rings. The second-order valence-corrected chi connectivity index (χ2v) is 5.80. The van der Waals surface area contributed by atoms with Crippen molar-refractivity contribution in [2.75, 3.05) is 12.0 Å². The molecule has 0 radical (unpaired) electrons. The number of benzene rings is 1. The first-order valence-electron chi connectivity index (χ1n) is 8.30. The molecule has 2 aromatic rings. The Hall–Kier alpha value is -2.88. The monoisotopic (exact) mass is 364 g/mol. The van der Waals surface area contributed by atoms with Crippen LogP contribution in [-0.2, 0) is 9.59 Å². The Bertz CT molecular complexity index is 760. The molecule has 1 atom stereocenters. The van der Waals surface area contributed by atoms with Gasteiger partial charge in [0, 0.05) is 6.07 Å². The molecule has 0 aliphatic rings. The standard InChI is InChI=1S/C16H21FN6O3/c1-2-3-4-5-11(9-23(26)10-24)15(25)20-22-16-18-13-7-6-12(17)8-14(13)19-21-16/h6-8,10-11,26H,2-5,9H2,1H3,(H,20,25)(H,18,21,22)/t11-/m1/s1. The number of aromatic nitrogens is 3. The Labute approximate surface area is 149 Å². The third kappa shape index (κ3) is 5.59. The molecule has 0 spiro atoms. The summed E-state index contributed by atoms with van der Waals surface area (Å²) in [5.41, 5.74) is 5.71. The molecule has 0 unspecified atom stereocenters. The van der Waals surface area contributed by atoms with Crippen molar-refractivity contribution in [1.82, 2.24) is 25.7 Å². The van der Waals surface area contributed by atoms with Crippen molar-refractivity contribution in [3.05, 3.63) is 24.0 Å². The van der Waals surface area contributed by atoms with Crippen molar-refractivity contribution in [3.63, 3.8) is 0 Å². The molecular weight excluding hydrogens is 343 g/mol. The van der Waals surface area contributed by atoms with E-state index < -0.39 is 17.6 Å². The van der Waals surface area contributed by atoms with Crippen LogP contribution in [0.25, 0.3) is 11.0 Å². The fourth-order valence-electron chi connectivity index (χ4n) is 2.40. The van der Waals surface area contributed by atoms with Crippen LogP contribution in [0.4, 0.5) is 10.3 Å². The molecule has 26 heavy (non-hydrogen) atoms. The summed E-state index contributed by atoms with van der Waals surface area (Å²) in [6.45, 7) is 1.92. The Balaban J connectivity index is 1.98. The van der Waals surface area contributed by atoms with Crippen LogP contribution in [0.1, 0.15) is 32.6 Å². The predicted molar refractivity (Wildman–Crippen MR) is 91.2 cm³/mol. The lowest BCUT2D eigenvalue weighted by atomic mass is 10.0. The normalized spacial score (nSPS) is 11.8. The highest BCUT2D eigenvalue weighted by molar-refractivity contribution is 5.80. The number of anilines is 1. The van der Waals surface area contributed by atoms with Gasteiger partial charge in [-0.3, -0.25) is 25.6 Å². The Morgan fingerprint density at radius 3 is 2.88 bits per heavy atom. The lowest BCUT2D eigenvalue weighted by Crippen LogP contribution is -2.40. The van der Waals surface area contributed by atoms with Gasteiger partial charge in [0.15, 0.2) is 0 Å². The summed E-state index contributed by atoms with van der Waals surface area (Å²) in [7, 11) is 0. The van der Waals surface area contributed by atoms with E-state index in [4.69, 9.17) is 0 Å². The third-order valence-corrected chi connectivity index (χ3v) is 3.77. The zero-order valence-electron chi connectivity index (χ0n) is 14.4. The highest BCUT2D eigenvalue weighted by Crippen LogP contribution is 2.13. The van der Waals surface area contributed by atoms with Crippen LogP contribution in [0.2, 0.25) is 0 Å². The summed E-state index contributed by atoms with van der Waals surface area (Å²) in [6.07, 6.45) is 3.49. The van der Waals surface area contributed by atoms with Gasteiger partial charge in [0.1, 0.15) is 11.3 Å². The van der Waals surface area contributed by atoms with Gasteiger partial charge in [0.2, 0.25) is 12.3 Å². The van der Waals surface area contributed by atoms with E-state index in [2.05, 4.69) is 26.0 Å². The lowest BCUT2D eigenvalue weighted by Gasteiger charge is -2.19. The summed E-state index contributed by atoms with van der Waals surface area (Å²) in [5.74, 6) is -1.40. The van der Waals surface area contributed by atoms with Gasteiger partial charge >= 0.3 is 0 Å². The molecule has 1 heterocycles. The van der Waals surface area contributed by atoms with Gasteiger partial charge in [0.25, 0.3) is 5.95 Å². The summed E-state index contributed by atoms with van der Waals surface area (Å²) >= 11 is 0. The molecule has 0 aliphatic carbocycles. The van der Waals surface area contributed by atoms with Crippen LogP contribution < -0.4 is 10.9 Å². The molecule has 3 N–H and O–H groups in total. The fraction of sp³-hybridized carbons (Fsp3) is 0.438. The minimum atomic E-state index is -0.591. The Morgan fingerprint density at radius 1 is 1.35 bits per heavy atom. The summed E-state index contributed by atoms with van der Waals surface area (Å²) in [5, 5.41) is 17.4. The second kappa shape index (κ2) is 9.56. The van der Waals surface area contributed by atoms with Crippen LogP contribution in [-0.4, -0.2) is 44.3 Å². The molecule has 0 saturated carbocycles. The number of carbonyl (C=O) groups is 2. The highest BCUT2D eigenvalue weighted by atomic mass is 19.1. The molecule has 0 saturated heterocycles. The van der Waals surface area contributed by atoms with Crippen molar-refractivity contribution in [1.29, 1.82) is 0 Å². The zero-order chi connectivity index (χ0) is 18.9. The number of hydroxylamine groups is 2.